The molecule has 1 fully saturated rings. The summed E-state index contributed by atoms with van der Waals surface area (Å²) in [7, 11) is 1.68. The molecule has 1 atom stereocenters. The second kappa shape index (κ2) is 8.33. The SMILES string of the molecule is C=CCNC(=S)C(CN1CCOCC1)(OC)c1ccccn1. The minimum Gasteiger partial charge on any atom is -0.379 e. The maximum atomic E-state index is 5.90. The topological polar surface area (TPSA) is 46.6 Å². The van der Waals surface area contributed by atoms with E-state index in [9.17, 15) is 0 Å². The molecule has 6 heteroatoms. The Hall–Kier alpha value is -1.34. The van der Waals surface area contributed by atoms with E-state index in [-0.39, 0.29) is 0 Å². The Balaban J connectivity index is 2.28. The quantitative estimate of drug-likeness (QED) is 0.604. The van der Waals surface area contributed by atoms with Gasteiger partial charge in [-0.1, -0.05) is 24.4 Å². The van der Waals surface area contributed by atoms with Crippen molar-refractivity contribution in [3.63, 3.8) is 0 Å². The van der Waals surface area contributed by atoms with Crippen LogP contribution in [0.3, 0.4) is 0 Å². The summed E-state index contributed by atoms with van der Waals surface area (Å²) in [5.41, 5.74) is 0.0438. The molecular weight excluding hydrogens is 298 g/mol. The third-order valence-corrected chi connectivity index (χ3v) is 4.22. The molecule has 120 valence electrons. The molecule has 2 rings (SSSR count). The number of rotatable bonds is 7. The van der Waals surface area contributed by atoms with Gasteiger partial charge in [0.1, 0.15) is 4.99 Å². The Kier molecular flexibility index (Phi) is 6.45. The van der Waals surface area contributed by atoms with Crippen LogP contribution in [0, 0.1) is 0 Å². The Morgan fingerprint density at radius 2 is 2.32 bits per heavy atom. The molecule has 5 nitrogen and oxygen atoms in total. The molecule has 1 aromatic rings. The molecule has 0 saturated carbocycles. The largest absolute Gasteiger partial charge is 0.379 e. The standard InChI is InChI=1S/C16H23N3O2S/c1-3-7-18-15(22)16(20-2,14-6-4-5-8-17-14)13-19-9-11-21-12-10-19/h3-6,8H,1,7,9-13H2,2H3,(H,18,22). The van der Waals surface area contributed by atoms with Gasteiger partial charge in [0.05, 0.1) is 18.9 Å². The lowest BCUT2D eigenvalue weighted by Gasteiger charge is -2.38. The van der Waals surface area contributed by atoms with Crippen molar-refractivity contribution in [3.8, 4) is 0 Å². The highest BCUT2D eigenvalue weighted by molar-refractivity contribution is 7.80. The number of pyridine rings is 1. The van der Waals surface area contributed by atoms with Gasteiger partial charge in [0.25, 0.3) is 0 Å². The van der Waals surface area contributed by atoms with Crippen LogP contribution in [0.1, 0.15) is 5.69 Å². The predicted octanol–water partition coefficient (Wildman–Crippen LogP) is 1.36. The molecule has 0 aliphatic carbocycles. The lowest BCUT2D eigenvalue weighted by Crippen LogP contribution is -2.54. The molecule has 2 heterocycles. The van der Waals surface area contributed by atoms with Crippen molar-refractivity contribution >= 4 is 17.2 Å². The highest BCUT2D eigenvalue weighted by atomic mass is 32.1. The monoisotopic (exact) mass is 321 g/mol. The number of thiocarbonyl (C=S) groups is 1. The average molecular weight is 321 g/mol. The van der Waals surface area contributed by atoms with Crippen LogP contribution in [0.15, 0.2) is 37.1 Å². The number of methoxy groups -OCH3 is 1. The molecule has 1 unspecified atom stereocenters. The molecule has 22 heavy (non-hydrogen) atoms. The van der Waals surface area contributed by atoms with Crippen molar-refractivity contribution in [2.75, 3.05) is 46.5 Å². The smallest absolute Gasteiger partial charge is 0.172 e. The third-order valence-electron chi connectivity index (χ3n) is 3.75. The number of hydrogen-bond donors (Lipinski definition) is 1. The molecule has 0 spiro atoms. The Labute approximate surface area is 137 Å². The second-order valence-electron chi connectivity index (χ2n) is 5.13. The maximum absolute atomic E-state index is 5.90. The molecule has 0 bridgehead atoms. The first kappa shape index (κ1) is 17.0. The summed E-state index contributed by atoms with van der Waals surface area (Å²) < 4.78 is 11.3. The number of hydrogen-bond acceptors (Lipinski definition) is 5. The Morgan fingerprint density at radius 3 is 2.91 bits per heavy atom. The summed E-state index contributed by atoms with van der Waals surface area (Å²) in [6.07, 6.45) is 3.54. The average Bonchev–Trinajstić information content (AvgIpc) is 2.59. The number of nitrogens with one attached hydrogen (secondary N) is 1. The van der Waals surface area contributed by atoms with Crippen molar-refractivity contribution in [1.82, 2.24) is 15.2 Å². The third kappa shape index (κ3) is 3.89. The van der Waals surface area contributed by atoms with Gasteiger partial charge in [-0.15, -0.1) is 6.58 Å². The van der Waals surface area contributed by atoms with E-state index >= 15 is 0 Å². The van der Waals surface area contributed by atoms with Crippen LogP contribution in [0.25, 0.3) is 0 Å². The van der Waals surface area contributed by atoms with Gasteiger partial charge in [0.2, 0.25) is 0 Å². The second-order valence-corrected chi connectivity index (χ2v) is 5.54. The first-order chi connectivity index (χ1) is 10.7. The van der Waals surface area contributed by atoms with E-state index in [0.29, 0.717) is 18.1 Å². The lowest BCUT2D eigenvalue weighted by atomic mass is 9.96. The van der Waals surface area contributed by atoms with Crippen molar-refractivity contribution < 1.29 is 9.47 Å². The van der Waals surface area contributed by atoms with Gasteiger partial charge in [0.15, 0.2) is 5.60 Å². The number of aromatic nitrogens is 1. The van der Waals surface area contributed by atoms with Gasteiger partial charge in [-0.05, 0) is 12.1 Å². The van der Waals surface area contributed by atoms with Crippen molar-refractivity contribution in [3.05, 3.63) is 42.7 Å². The normalized spacial score (nSPS) is 18.4. The fourth-order valence-corrected chi connectivity index (χ4v) is 2.85. The van der Waals surface area contributed by atoms with Crippen LogP contribution in [0.4, 0.5) is 0 Å². The number of morpholine rings is 1. The lowest BCUT2D eigenvalue weighted by molar-refractivity contribution is -0.0253. The maximum Gasteiger partial charge on any atom is 0.172 e. The minimum atomic E-state index is -0.767. The molecule has 0 aromatic carbocycles. The summed E-state index contributed by atoms with van der Waals surface area (Å²) in [5, 5.41) is 3.20. The molecular formula is C16H23N3O2S. The van der Waals surface area contributed by atoms with E-state index in [1.807, 2.05) is 18.2 Å². The Bertz CT molecular complexity index is 491. The van der Waals surface area contributed by atoms with E-state index in [1.165, 1.54) is 0 Å². The van der Waals surface area contributed by atoms with Crippen molar-refractivity contribution in [2.45, 2.75) is 5.60 Å². The molecule has 1 N–H and O–H groups in total. The summed E-state index contributed by atoms with van der Waals surface area (Å²) >= 11 is 5.62. The van der Waals surface area contributed by atoms with Gasteiger partial charge >= 0.3 is 0 Å². The van der Waals surface area contributed by atoms with Crippen LogP contribution in [-0.2, 0) is 15.1 Å². The van der Waals surface area contributed by atoms with Gasteiger partial charge in [-0.25, -0.2) is 0 Å². The Morgan fingerprint density at radius 1 is 1.55 bits per heavy atom. The highest BCUT2D eigenvalue weighted by Crippen LogP contribution is 2.26. The van der Waals surface area contributed by atoms with Crippen LogP contribution < -0.4 is 5.32 Å². The van der Waals surface area contributed by atoms with E-state index in [2.05, 4.69) is 21.8 Å². The molecule has 1 aliphatic heterocycles. The fraction of sp³-hybridized carbons (Fsp3) is 0.500. The molecule has 0 amide bonds. The van der Waals surface area contributed by atoms with Crippen molar-refractivity contribution in [1.29, 1.82) is 0 Å². The number of nitrogens with zero attached hydrogens (tertiary/aromatic N) is 2. The van der Waals surface area contributed by atoms with Gasteiger partial charge in [0, 0.05) is 39.5 Å². The van der Waals surface area contributed by atoms with Crippen molar-refractivity contribution in [2.24, 2.45) is 0 Å². The zero-order valence-corrected chi connectivity index (χ0v) is 13.8. The van der Waals surface area contributed by atoms with E-state index in [1.54, 1.807) is 19.4 Å². The summed E-state index contributed by atoms with van der Waals surface area (Å²) in [6.45, 7) is 8.15. The predicted molar refractivity (Wildman–Crippen MR) is 91.0 cm³/mol. The highest BCUT2D eigenvalue weighted by Gasteiger charge is 2.40. The zero-order valence-electron chi connectivity index (χ0n) is 13.0. The first-order valence-electron chi connectivity index (χ1n) is 7.39. The van der Waals surface area contributed by atoms with Crippen LogP contribution in [0.5, 0.6) is 0 Å². The first-order valence-corrected chi connectivity index (χ1v) is 7.79. The van der Waals surface area contributed by atoms with Gasteiger partial charge < -0.3 is 14.8 Å². The zero-order chi connectivity index (χ0) is 15.8. The van der Waals surface area contributed by atoms with Crippen LogP contribution >= 0.6 is 12.2 Å². The molecule has 0 radical (unpaired) electrons. The van der Waals surface area contributed by atoms with E-state index < -0.39 is 5.60 Å². The minimum absolute atomic E-state index is 0.597. The molecule has 1 aliphatic rings. The van der Waals surface area contributed by atoms with Crippen LogP contribution in [-0.4, -0.2) is 61.4 Å². The summed E-state index contributed by atoms with van der Waals surface area (Å²) in [6, 6.07) is 5.79. The summed E-state index contributed by atoms with van der Waals surface area (Å²) in [4.78, 5) is 7.40. The van der Waals surface area contributed by atoms with Gasteiger partial charge in [-0.2, -0.15) is 0 Å². The molecule has 1 aromatic heterocycles. The van der Waals surface area contributed by atoms with E-state index in [4.69, 9.17) is 21.7 Å². The summed E-state index contributed by atoms with van der Waals surface area (Å²) in [5.74, 6) is 0. The number of ether oxygens (including phenoxy) is 2. The van der Waals surface area contributed by atoms with E-state index in [0.717, 1.165) is 32.0 Å². The van der Waals surface area contributed by atoms with Gasteiger partial charge in [-0.3, -0.25) is 9.88 Å². The fourth-order valence-electron chi connectivity index (χ4n) is 2.51. The van der Waals surface area contributed by atoms with Crippen LogP contribution in [0.2, 0.25) is 0 Å². The molecule has 1 saturated heterocycles.